The molecule has 0 saturated heterocycles. The molecule has 1 heterocycles. The fourth-order valence-corrected chi connectivity index (χ4v) is 1.34. The first-order valence-electron chi connectivity index (χ1n) is 5.20. The third kappa shape index (κ3) is 2.81. The second-order valence-electron chi connectivity index (χ2n) is 3.71. The highest BCUT2D eigenvalue weighted by atomic mass is 16.5. The first-order valence-corrected chi connectivity index (χ1v) is 5.20. The molecular formula is C13H13N3O. The Morgan fingerprint density at radius 3 is 2.29 bits per heavy atom. The first kappa shape index (κ1) is 11.1. The highest BCUT2D eigenvalue weighted by molar-refractivity contribution is 5.92. The summed E-state index contributed by atoms with van der Waals surface area (Å²) in [5.41, 5.74) is 6.94. The number of nitrogen functional groups attached to an aromatic ring is 1. The van der Waals surface area contributed by atoms with Crippen LogP contribution >= 0.6 is 0 Å². The van der Waals surface area contributed by atoms with Gasteiger partial charge in [0.15, 0.2) is 0 Å². The Hall–Kier alpha value is -2.36. The van der Waals surface area contributed by atoms with Crippen molar-refractivity contribution in [3.63, 3.8) is 0 Å². The van der Waals surface area contributed by atoms with Gasteiger partial charge in [-0.15, -0.1) is 0 Å². The molecule has 2 rings (SSSR count). The molecule has 1 aromatic carbocycles. The van der Waals surface area contributed by atoms with Crippen molar-refractivity contribution >= 4 is 5.84 Å². The van der Waals surface area contributed by atoms with Crippen LogP contribution in [0.2, 0.25) is 0 Å². The molecule has 0 radical (unpaired) electrons. The Morgan fingerprint density at radius 1 is 1.12 bits per heavy atom. The topological polar surface area (TPSA) is 72.0 Å². The molecule has 0 unspecified atom stereocenters. The maximum Gasteiger partial charge on any atom is 0.145 e. The van der Waals surface area contributed by atoms with Crippen LogP contribution < -0.4 is 10.5 Å². The maximum absolute atomic E-state index is 7.23. The van der Waals surface area contributed by atoms with E-state index in [-0.39, 0.29) is 5.84 Å². The van der Waals surface area contributed by atoms with Crippen LogP contribution in [0.25, 0.3) is 0 Å². The number of hydrogen-bond donors (Lipinski definition) is 2. The van der Waals surface area contributed by atoms with E-state index in [9.17, 15) is 0 Å². The zero-order valence-electron chi connectivity index (χ0n) is 9.47. The third-order valence-electron chi connectivity index (χ3n) is 2.27. The second-order valence-corrected chi connectivity index (χ2v) is 3.71. The molecular weight excluding hydrogens is 214 g/mol. The van der Waals surface area contributed by atoms with Gasteiger partial charge in [-0.3, -0.25) is 5.41 Å². The number of pyridine rings is 1. The van der Waals surface area contributed by atoms with Crippen molar-refractivity contribution in [1.29, 1.82) is 5.41 Å². The lowest BCUT2D eigenvalue weighted by atomic mass is 10.2. The second kappa shape index (κ2) is 4.65. The van der Waals surface area contributed by atoms with Gasteiger partial charge in [-0.2, -0.15) is 0 Å². The average Bonchev–Trinajstić information content (AvgIpc) is 2.33. The molecule has 4 heteroatoms. The number of nitrogens with two attached hydrogens (primary N) is 1. The highest BCUT2D eigenvalue weighted by Crippen LogP contribution is 2.20. The molecule has 4 nitrogen and oxygen atoms in total. The van der Waals surface area contributed by atoms with E-state index in [1.54, 1.807) is 18.3 Å². The van der Waals surface area contributed by atoms with Gasteiger partial charge in [0.05, 0.1) is 6.20 Å². The van der Waals surface area contributed by atoms with Gasteiger partial charge in [-0.1, -0.05) is 17.7 Å². The predicted molar refractivity (Wildman–Crippen MR) is 66.5 cm³/mol. The number of amidine groups is 1. The van der Waals surface area contributed by atoms with Crippen molar-refractivity contribution in [3.8, 4) is 11.5 Å². The van der Waals surface area contributed by atoms with Gasteiger partial charge >= 0.3 is 0 Å². The van der Waals surface area contributed by atoms with Crippen LogP contribution in [0.15, 0.2) is 42.6 Å². The fourth-order valence-electron chi connectivity index (χ4n) is 1.34. The summed E-state index contributed by atoms with van der Waals surface area (Å²) in [6, 6.07) is 11.2. The molecule has 0 aliphatic heterocycles. The highest BCUT2D eigenvalue weighted by Gasteiger charge is 2.00. The molecule has 2 aromatic rings. The molecule has 0 aliphatic rings. The largest absolute Gasteiger partial charge is 0.456 e. The Morgan fingerprint density at radius 2 is 1.76 bits per heavy atom. The number of hydrogen-bond acceptors (Lipinski definition) is 3. The van der Waals surface area contributed by atoms with Crippen molar-refractivity contribution in [2.24, 2.45) is 5.73 Å². The maximum atomic E-state index is 7.23. The molecule has 0 bridgehead atoms. The van der Waals surface area contributed by atoms with Crippen LogP contribution in [0.3, 0.4) is 0 Å². The molecule has 0 saturated carbocycles. The summed E-state index contributed by atoms with van der Waals surface area (Å²) in [6.45, 7) is 2.02. The zero-order valence-corrected chi connectivity index (χ0v) is 9.47. The minimum Gasteiger partial charge on any atom is -0.456 e. The lowest BCUT2D eigenvalue weighted by Gasteiger charge is -2.05. The van der Waals surface area contributed by atoms with Crippen molar-refractivity contribution in [3.05, 3.63) is 53.9 Å². The van der Waals surface area contributed by atoms with Crippen LogP contribution in [-0.2, 0) is 0 Å². The van der Waals surface area contributed by atoms with Gasteiger partial charge in [-0.25, -0.2) is 4.98 Å². The smallest absolute Gasteiger partial charge is 0.145 e. The van der Waals surface area contributed by atoms with Crippen LogP contribution in [0.1, 0.15) is 11.3 Å². The van der Waals surface area contributed by atoms with Crippen LogP contribution in [0.4, 0.5) is 0 Å². The number of rotatable bonds is 3. The quantitative estimate of drug-likeness (QED) is 0.625. The number of ether oxygens (including phenoxy) is 1. The number of aromatic nitrogens is 1. The molecule has 1 aromatic heterocycles. The summed E-state index contributed by atoms with van der Waals surface area (Å²) >= 11 is 0. The normalized spacial score (nSPS) is 9.94. The lowest BCUT2D eigenvalue weighted by Crippen LogP contribution is -2.12. The summed E-state index contributed by atoms with van der Waals surface area (Å²) in [5.74, 6) is 1.33. The number of benzene rings is 1. The molecule has 0 atom stereocenters. The van der Waals surface area contributed by atoms with Gasteiger partial charge in [0, 0.05) is 0 Å². The van der Waals surface area contributed by atoms with E-state index in [0.717, 1.165) is 5.75 Å². The summed E-state index contributed by atoms with van der Waals surface area (Å²) in [7, 11) is 0. The van der Waals surface area contributed by atoms with Crippen molar-refractivity contribution in [1.82, 2.24) is 4.98 Å². The summed E-state index contributed by atoms with van der Waals surface area (Å²) in [5, 5.41) is 7.23. The number of nitrogens with zero attached hydrogens (tertiary/aromatic N) is 1. The fraction of sp³-hybridized carbons (Fsp3) is 0.0769. The third-order valence-corrected chi connectivity index (χ3v) is 2.27. The Labute approximate surface area is 99.6 Å². The monoisotopic (exact) mass is 227 g/mol. The Bertz CT molecular complexity index is 517. The molecule has 0 amide bonds. The van der Waals surface area contributed by atoms with Gasteiger partial charge in [-0.05, 0) is 31.2 Å². The van der Waals surface area contributed by atoms with E-state index in [1.807, 2.05) is 31.2 Å². The molecule has 0 fully saturated rings. The van der Waals surface area contributed by atoms with E-state index in [0.29, 0.717) is 11.4 Å². The van der Waals surface area contributed by atoms with Crippen LogP contribution in [0, 0.1) is 12.3 Å². The predicted octanol–water partition coefficient (Wildman–Crippen LogP) is 2.47. The van der Waals surface area contributed by atoms with Gasteiger partial charge in [0.25, 0.3) is 0 Å². The molecule has 0 aliphatic carbocycles. The zero-order chi connectivity index (χ0) is 12.3. The summed E-state index contributed by atoms with van der Waals surface area (Å²) in [6.07, 6.45) is 1.55. The first-order chi connectivity index (χ1) is 8.15. The van der Waals surface area contributed by atoms with Crippen molar-refractivity contribution in [2.75, 3.05) is 0 Å². The van der Waals surface area contributed by atoms with Gasteiger partial charge in [0.1, 0.15) is 23.0 Å². The Balaban J connectivity index is 2.13. The van der Waals surface area contributed by atoms with Crippen molar-refractivity contribution < 1.29 is 4.74 Å². The molecule has 86 valence electrons. The SMILES string of the molecule is Cc1ccc(Oc2ccc(C(=N)N)nc2)cc1. The minimum atomic E-state index is -0.0492. The van der Waals surface area contributed by atoms with E-state index in [1.165, 1.54) is 5.56 Å². The molecule has 3 N–H and O–H groups in total. The number of nitrogens with one attached hydrogen (secondary N) is 1. The Kier molecular flexibility index (Phi) is 3.05. The minimum absolute atomic E-state index is 0.0492. The van der Waals surface area contributed by atoms with Crippen LogP contribution in [-0.4, -0.2) is 10.8 Å². The molecule has 17 heavy (non-hydrogen) atoms. The van der Waals surface area contributed by atoms with Crippen LogP contribution in [0.5, 0.6) is 11.5 Å². The van der Waals surface area contributed by atoms with E-state index >= 15 is 0 Å². The lowest BCUT2D eigenvalue weighted by molar-refractivity contribution is 0.480. The van der Waals surface area contributed by atoms with E-state index < -0.39 is 0 Å². The summed E-state index contributed by atoms with van der Waals surface area (Å²) < 4.78 is 5.59. The summed E-state index contributed by atoms with van der Waals surface area (Å²) in [4.78, 5) is 4.02. The standard InChI is InChI=1S/C13H13N3O/c1-9-2-4-10(5-3-9)17-11-6-7-12(13(14)15)16-8-11/h2-8H,1H3,(H3,14,15). The average molecular weight is 227 g/mol. The van der Waals surface area contributed by atoms with Crippen molar-refractivity contribution in [2.45, 2.75) is 6.92 Å². The van der Waals surface area contributed by atoms with Gasteiger partial charge < -0.3 is 10.5 Å². The molecule has 0 spiro atoms. The number of aryl methyl sites for hydroxylation is 1. The van der Waals surface area contributed by atoms with E-state index in [2.05, 4.69) is 4.98 Å². The van der Waals surface area contributed by atoms with Gasteiger partial charge in [0.2, 0.25) is 0 Å². The van der Waals surface area contributed by atoms with E-state index in [4.69, 9.17) is 15.9 Å².